The molecule has 0 amide bonds. The normalized spacial score (nSPS) is 19.2. The Morgan fingerprint density at radius 1 is 1.44 bits per heavy atom. The van der Waals surface area contributed by atoms with E-state index in [1.807, 2.05) is 0 Å². The number of halogens is 1. The minimum absolute atomic E-state index is 0.00851. The molecule has 1 aliphatic rings. The van der Waals surface area contributed by atoms with Gasteiger partial charge in [-0.3, -0.25) is 10.1 Å². The lowest BCUT2D eigenvalue weighted by molar-refractivity contribution is -0.387. The fourth-order valence-electron chi connectivity index (χ4n) is 2.72. The van der Waals surface area contributed by atoms with Crippen molar-refractivity contribution < 1.29 is 13.3 Å². The van der Waals surface area contributed by atoms with E-state index in [0.717, 1.165) is 0 Å². The number of hydrogen-bond donors (Lipinski definition) is 0. The van der Waals surface area contributed by atoms with Crippen molar-refractivity contribution in [2.45, 2.75) is 22.9 Å². The van der Waals surface area contributed by atoms with Gasteiger partial charge in [0.05, 0.1) is 21.3 Å². The smallest absolute Gasteiger partial charge is 0.284 e. The van der Waals surface area contributed by atoms with E-state index in [2.05, 4.69) is 26.1 Å². The lowest BCUT2D eigenvalue weighted by Crippen LogP contribution is -2.11. The Hall–Kier alpha value is -1.46. The van der Waals surface area contributed by atoms with Gasteiger partial charge >= 0.3 is 0 Å². The molecule has 0 saturated carbocycles. The average molecular weight is 447 g/mol. The maximum absolute atomic E-state index is 11.6. The minimum atomic E-state index is -2.93. The predicted molar refractivity (Wildman–Crippen MR) is 96.4 cm³/mol. The van der Waals surface area contributed by atoms with Crippen molar-refractivity contribution in [2.24, 2.45) is 13.0 Å². The molecule has 3 rings (SSSR count). The highest BCUT2D eigenvalue weighted by molar-refractivity contribution is 9.10. The van der Waals surface area contributed by atoms with Crippen molar-refractivity contribution in [1.29, 1.82) is 0 Å². The number of benzene rings is 1. The van der Waals surface area contributed by atoms with Gasteiger partial charge in [0.2, 0.25) is 0 Å². The number of nitro groups is 1. The average Bonchev–Trinajstić information content (AvgIpc) is 3.05. The first-order valence-electron chi connectivity index (χ1n) is 7.45. The van der Waals surface area contributed by atoms with Crippen molar-refractivity contribution in [2.75, 3.05) is 11.5 Å². The summed E-state index contributed by atoms with van der Waals surface area (Å²) < 4.78 is 25.5. The summed E-state index contributed by atoms with van der Waals surface area (Å²) in [5.74, 6) is 1.14. The monoisotopic (exact) mass is 446 g/mol. The third kappa shape index (κ3) is 4.21. The van der Waals surface area contributed by atoms with Crippen LogP contribution in [0.3, 0.4) is 0 Å². The first-order chi connectivity index (χ1) is 11.7. The van der Waals surface area contributed by atoms with Crippen LogP contribution in [0.4, 0.5) is 5.69 Å². The maximum atomic E-state index is 11.6. The van der Waals surface area contributed by atoms with Gasteiger partial charge in [-0.15, -0.1) is 10.2 Å². The van der Waals surface area contributed by atoms with E-state index in [4.69, 9.17) is 0 Å². The van der Waals surface area contributed by atoms with E-state index >= 15 is 0 Å². The minimum Gasteiger partial charge on any atom is -0.309 e. The fraction of sp³-hybridized carbons (Fsp3) is 0.429. The van der Waals surface area contributed by atoms with Crippen LogP contribution in [-0.4, -0.2) is 39.6 Å². The molecule has 1 aromatic heterocycles. The SMILES string of the molecule is Cn1c(CC2CCS(=O)(=O)C2)nnc1Sc1ccc(Br)cc1[N+](=O)[O-]. The molecule has 25 heavy (non-hydrogen) atoms. The largest absolute Gasteiger partial charge is 0.309 e. The van der Waals surface area contributed by atoms with Gasteiger partial charge in [0.25, 0.3) is 5.69 Å². The number of hydrogen-bond acceptors (Lipinski definition) is 7. The van der Waals surface area contributed by atoms with Gasteiger partial charge in [-0.05, 0) is 36.2 Å². The third-order valence-corrected chi connectivity index (χ3v) is 7.48. The van der Waals surface area contributed by atoms with Gasteiger partial charge in [-0.1, -0.05) is 15.9 Å². The van der Waals surface area contributed by atoms with E-state index < -0.39 is 14.8 Å². The number of nitrogens with zero attached hydrogens (tertiary/aromatic N) is 4. The molecule has 1 unspecified atom stereocenters. The first kappa shape index (κ1) is 18.3. The van der Waals surface area contributed by atoms with Crippen molar-refractivity contribution in [1.82, 2.24) is 14.8 Å². The van der Waals surface area contributed by atoms with Crippen molar-refractivity contribution in [3.63, 3.8) is 0 Å². The zero-order chi connectivity index (χ0) is 18.2. The highest BCUT2D eigenvalue weighted by atomic mass is 79.9. The molecule has 1 aliphatic heterocycles. The summed E-state index contributed by atoms with van der Waals surface area (Å²) in [6.07, 6.45) is 1.17. The topological polar surface area (TPSA) is 108 Å². The van der Waals surface area contributed by atoms with Gasteiger partial charge in [-0.2, -0.15) is 0 Å². The summed E-state index contributed by atoms with van der Waals surface area (Å²) in [5.41, 5.74) is -0.00851. The predicted octanol–water partition coefficient (Wildman–Crippen LogP) is 2.61. The summed E-state index contributed by atoms with van der Waals surface area (Å²) in [7, 11) is -1.15. The van der Waals surface area contributed by atoms with Crippen molar-refractivity contribution in [3.05, 3.63) is 38.6 Å². The summed E-state index contributed by atoms with van der Waals surface area (Å²) in [6.45, 7) is 0. The van der Waals surface area contributed by atoms with Crippen molar-refractivity contribution in [3.8, 4) is 0 Å². The van der Waals surface area contributed by atoms with Crippen LogP contribution in [0.2, 0.25) is 0 Å². The Kier molecular flexibility index (Phi) is 5.16. The standard InChI is InChI=1S/C14H15BrN4O4S2/c1-18-13(6-9-4-5-25(22,23)8-9)16-17-14(18)24-12-3-2-10(15)7-11(12)19(20)21/h2-3,7,9H,4-6,8H2,1H3. The highest BCUT2D eigenvalue weighted by Crippen LogP contribution is 2.35. The quantitative estimate of drug-likeness (QED) is 0.512. The molecule has 0 aliphatic carbocycles. The summed E-state index contributed by atoms with van der Waals surface area (Å²) >= 11 is 4.40. The van der Waals surface area contributed by atoms with Crippen molar-refractivity contribution >= 4 is 43.2 Å². The highest BCUT2D eigenvalue weighted by Gasteiger charge is 2.29. The molecule has 8 nitrogen and oxygen atoms in total. The number of rotatable bonds is 5. The van der Waals surface area contributed by atoms with E-state index in [-0.39, 0.29) is 23.1 Å². The van der Waals surface area contributed by atoms with Gasteiger partial charge in [-0.25, -0.2) is 8.42 Å². The van der Waals surface area contributed by atoms with E-state index in [1.54, 1.807) is 23.7 Å². The number of nitro benzene ring substituents is 1. The molecule has 0 radical (unpaired) electrons. The second-order valence-electron chi connectivity index (χ2n) is 5.90. The third-order valence-electron chi connectivity index (χ3n) is 4.04. The Morgan fingerprint density at radius 3 is 2.84 bits per heavy atom. The molecular weight excluding hydrogens is 432 g/mol. The Morgan fingerprint density at radius 2 is 2.20 bits per heavy atom. The molecule has 11 heteroatoms. The number of sulfone groups is 1. The van der Waals surface area contributed by atoms with E-state index in [1.165, 1.54) is 17.8 Å². The first-order valence-corrected chi connectivity index (χ1v) is 10.9. The Balaban J connectivity index is 1.79. The van der Waals surface area contributed by atoms with Crippen LogP contribution >= 0.6 is 27.7 Å². The molecule has 1 fully saturated rings. The van der Waals surface area contributed by atoms with Crippen LogP contribution in [-0.2, 0) is 23.3 Å². The molecule has 2 heterocycles. The van der Waals surface area contributed by atoms with E-state index in [0.29, 0.717) is 33.2 Å². The van der Waals surface area contributed by atoms with Gasteiger partial charge < -0.3 is 4.57 Å². The van der Waals surface area contributed by atoms with Crippen LogP contribution in [0.25, 0.3) is 0 Å². The Labute approximate surface area is 157 Å². The molecule has 1 aromatic carbocycles. The molecule has 2 aromatic rings. The molecule has 1 atom stereocenters. The van der Waals surface area contributed by atoms with Crippen LogP contribution in [0.1, 0.15) is 12.2 Å². The van der Waals surface area contributed by atoms with Gasteiger partial charge in [0.15, 0.2) is 15.0 Å². The molecule has 0 spiro atoms. The molecular formula is C14H15BrN4O4S2. The second-order valence-corrected chi connectivity index (χ2v) is 10.1. The maximum Gasteiger partial charge on any atom is 0.284 e. The zero-order valence-corrected chi connectivity index (χ0v) is 16.5. The van der Waals surface area contributed by atoms with Crippen LogP contribution in [0.15, 0.2) is 32.7 Å². The summed E-state index contributed by atoms with van der Waals surface area (Å²) in [6, 6.07) is 4.84. The lowest BCUT2D eigenvalue weighted by atomic mass is 10.1. The Bertz CT molecular complexity index is 929. The zero-order valence-electron chi connectivity index (χ0n) is 13.3. The van der Waals surface area contributed by atoms with Crippen LogP contribution < -0.4 is 0 Å². The van der Waals surface area contributed by atoms with E-state index in [9.17, 15) is 18.5 Å². The molecule has 134 valence electrons. The van der Waals surface area contributed by atoms with Gasteiger partial charge in [0, 0.05) is 24.0 Å². The second kappa shape index (κ2) is 7.04. The summed E-state index contributed by atoms with van der Waals surface area (Å²) in [5, 5.41) is 20.0. The van der Waals surface area contributed by atoms with Crippen LogP contribution in [0.5, 0.6) is 0 Å². The summed E-state index contributed by atoms with van der Waals surface area (Å²) in [4.78, 5) is 11.3. The van der Waals surface area contributed by atoms with Crippen LogP contribution in [0, 0.1) is 16.0 Å². The molecule has 1 saturated heterocycles. The lowest BCUT2D eigenvalue weighted by Gasteiger charge is -2.08. The fourth-order valence-corrected chi connectivity index (χ4v) is 5.83. The van der Waals surface area contributed by atoms with Gasteiger partial charge in [0.1, 0.15) is 5.82 Å². The molecule has 0 bridgehead atoms. The number of aromatic nitrogens is 3. The molecule has 0 N–H and O–H groups in total.